The Kier molecular flexibility index (Phi) is 4.82. The van der Waals surface area contributed by atoms with Crippen LogP contribution in [0.1, 0.15) is 18.2 Å². The molecule has 0 aliphatic carbocycles. The number of rotatable bonds is 4. The Bertz CT molecular complexity index is 901. The Hall–Kier alpha value is -3.20. The lowest BCUT2D eigenvalue weighted by molar-refractivity contribution is -0.118. The van der Waals surface area contributed by atoms with Crippen molar-refractivity contribution in [1.29, 1.82) is 0 Å². The highest BCUT2D eigenvalue weighted by Crippen LogP contribution is 2.33. The topological polar surface area (TPSA) is 114 Å². The lowest BCUT2D eigenvalue weighted by Crippen LogP contribution is -2.44. The number of aromatic nitrogens is 2. The summed E-state index contributed by atoms with van der Waals surface area (Å²) in [7, 11) is 0. The summed E-state index contributed by atoms with van der Waals surface area (Å²) in [5.74, 6) is 1.45. The van der Waals surface area contributed by atoms with Crippen molar-refractivity contribution in [3.05, 3.63) is 35.5 Å². The Morgan fingerprint density at radius 1 is 1.29 bits per heavy atom. The Morgan fingerprint density at radius 2 is 2.07 bits per heavy atom. The highest BCUT2D eigenvalue weighted by Gasteiger charge is 2.30. The summed E-state index contributed by atoms with van der Waals surface area (Å²) < 4.78 is 5.56. The molecular weight excluding hydrogens is 360 g/mol. The minimum absolute atomic E-state index is 0.188. The van der Waals surface area contributed by atoms with Gasteiger partial charge in [-0.1, -0.05) is 0 Å². The molecule has 9 heteroatoms. The van der Waals surface area contributed by atoms with E-state index < -0.39 is 6.03 Å². The third kappa shape index (κ3) is 3.48. The van der Waals surface area contributed by atoms with E-state index in [1.165, 1.54) is 0 Å². The van der Waals surface area contributed by atoms with Crippen molar-refractivity contribution in [2.45, 2.75) is 26.1 Å². The van der Waals surface area contributed by atoms with E-state index in [4.69, 9.17) is 20.4 Å². The molecule has 0 unspecified atom stereocenters. The largest absolute Gasteiger partial charge is 0.377 e. The van der Waals surface area contributed by atoms with Crippen LogP contribution in [-0.4, -0.2) is 53.1 Å². The van der Waals surface area contributed by atoms with Crippen LogP contribution in [0.3, 0.4) is 0 Å². The van der Waals surface area contributed by atoms with Gasteiger partial charge in [0.1, 0.15) is 5.82 Å². The fourth-order valence-electron chi connectivity index (χ4n) is 3.59. The Morgan fingerprint density at radius 3 is 2.75 bits per heavy atom. The number of amides is 3. The maximum absolute atomic E-state index is 11.3. The quantitative estimate of drug-likeness (QED) is 0.771. The highest BCUT2D eigenvalue weighted by atomic mass is 16.5. The fourth-order valence-corrected chi connectivity index (χ4v) is 3.59. The van der Waals surface area contributed by atoms with Gasteiger partial charge in [-0.05, 0) is 31.2 Å². The number of primary amides is 1. The van der Waals surface area contributed by atoms with E-state index in [1.807, 2.05) is 12.1 Å². The van der Waals surface area contributed by atoms with E-state index in [2.05, 4.69) is 17.1 Å². The van der Waals surface area contributed by atoms with Crippen LogP contribution in [0.4, 0.5) is 16.3 Å². The summed E-state index contributed by atoms with van der Waals surface area (Å²) in [6.07, 6.45) is 0.845. The van der Waals surface area contributed by atoms with Crippen molar-refractivity contribution < 1.29 is 14.3 Å². The molecule has 3 heterocycles. The van der Waals surface area contributed by atoms with Crippen LogP contribution in [0.15, 0.2) is 24.3 Å². The van der Waals surface area contributed by atoms with E-state index in [0.29, 0.717) is 37.8 Å². The number of hydrogen-bond acceptors (Lipinski definition) is 6. The number of hydrogen-bond donors (Lipinski definition) is 2. The number of urea groups is 1. The van der Waals surface area contributed by atoms with Crippen LogP contribution in [0.25, 0.3) is 11.4 Å². The number of nitrogens with zero attached hydrogens (tertiary/aromatic N) is 4. The summed E-state index contributed by atoms with van der Waals surface area (Å²) >= 11 is 0. The average Bonchev–Trinajstić information content (AvgIpc) is 3.11. The van der Waals surface area contributed by atoms with Gasteiger partial charge in [-0.3, -0.25) is 4.79 Å². The maximum Gasteiger partial charge on any atom is 0.316 e. The maximum atomic E-state index is 11.3. The number of benzene rings is 1. The molecule has 1 fully saturated rings. The second-order valence-corrected chi connectivity index (χ2v) is 6.99. The molecular formula is C19H22N6O3. The van der Waals surface area contributed by atoms with Crippen LogP contribution in [0.2, 0.25) is 0 Å². The van der Waals surface area contributed by atoms with Gasteiger partial charge in [-0.15, -0.1) is 0 Å². The van der Waals surface area contributed by atoms with Gasteiger partial charge < -0.3 is 25.6 Å². The number of nitrogens with one attached hydrogen (secondary N) is 1. The minimum Gasteiger partial charge on any atom is -0.377 e. The molecule has 4 rings (SSSR count). The molecule has 1 aromatic carbocycles. The molecule has 0 radical (unpaired) electrons. The molecule has 3 N–H and O–H groups in total. The number of carbonyl (C=O) groups excluding carboxylic acids is 2. The summed E-state index contributed by atoms with van der Waals surface area (Å²) in [4.78, 5) is 35.8. The number of carbonyl (C=O) groups is 2. The minimum atomic E-state index is -0.612. The second kappa shape index (κ2) is 7.43. The molecule has 146 valence electrons. The SMILES string of the molecule is C[C@H]1COCCN1c1nc(-c2ccc(NC(N)=O)cc2)nc2c1CN(C=O)C2. The Labute approximate surface area is 162 Å². The van der Waals surface area contributed by atoms with Crippen molar-refractivity contribution in [3.8, 4) is 11.4 Å². The van der Waals surface area contributed by atoms with E-state index in [9.17, 15) is 9.59 Å². The van der Waals surface area contributed by atoms with Crippen LogP contribution >= 0.6 is 0 Å². The molecule has 2 aromatic rings. The molecule has 1 aromatic heterocycles. The van der Waals surface area contributed by atoms with Gasteiger partial charge >= 0.3 is 6.03 Å². The van der Waals surface area contributed by atoms with Crippen molar-refractivity contribution in [1.82, 2.24) is 14.9 Å². The van der Waals surface area contributed by atoms with E-state index in [0.717, 1.165) is 35.6 Å². The molecule has 0 saturated carbocycles. The average molecular weight is 382 g/mol. The van der Waals surface area contributed by atoms with Gasteiger partial charge in [0.15, 0.2) is 5.82 Å². The summed E-state index contributed by atoms with van der Waals surface area (Å²) in [5.41, 5.74) is 8.44. The van der Waals surface area contributed by atoms with Gasteiger partial charge in [-0.2, -0.15) is 0 Å². The Balaban J connectivity index is 1.73. The summed E-state index contributed by atoms with van der Waals surface area (Å²) in [6.45, 7) is 5.11. The first kappa shape index (κ1) is 18.2. The van der Waals surface area contributed by atoms with Crippen LogP contribution < -0.4 is 16.0 Å². The normalized spacial score (nSPS) is 18.7. The number of anilines is 2. The lowest BCUT2D eigenvalue weighted by Gasteiger charge is -2.35. The van der Waals surface area contributed by atoms with Gasteiger partial charge in [-0.25, -0.2) is 14.8 Å². The van der Waals surface area contributed by atoms with E-state index in [-0.39, 0.29) is 6.04 Å². The predicted molar refractivity (Wildman–Crippen MR) is 104 cm³/mol. The number of ether oxygens (including phenoxy) is 1. The summed E-state index contributed by atoms with van der Waals surface area (Å²) in [6, 6.07) is 6.77. The molecule has 0 bridgehead atoms. The van der Waals surface area contributed by atoms with Crippen LogP contribution in [0.5, 0.6) is 0 Å². The molecule has 1 atom stereocenters. The monoisotopic (exact) mass is 382 g/mol. The first-order chi connectivity index (χ1) is 13.5. The zero-order valence-corrected chi connectivity index (χ0v) is 15.6. The number of nitrogens with two attached hydrogens (primary N) is 1. The van der Waals surface area contributed by atoms with Crippen molar-refractivity contribution in [3.63, 3.8) is 0 Å². The van der Waals surface area contributed by atoms with E-state index >= 15 is 0 Å². The molecule has 9 nitrogen and oxygen atoms in total. The van der Waals surface area contributed by atoms with Crippen molar-refractivity contribution in [2.75, 3.05) is 30.0 Å². The van der Waals surface area contributed by atoms with Gasteiger partial charge in [0.25, 0.3) is 0 Å². The fraction of sp³-hybridized carbons (Fsp3) is 0.368. The molecule has 28 heavy (non-hydrogen) atoms. The van der Waals surface area contributed by atoms with Gasteiger partial charge in [0.2, 0.25) is 6.41 Å². The van der Waals surface area contributed by atoms with E-state index in [1.54, 1.807) is 17.0 Å². The van der Waals surface area contributed by atoms with Crippen molar-refractivity contribution >= 4 is 23.9 Å². The zero-order chi connectivity index (χ0) is 19.7. The second-order valence-electron chi connectivity index (χ2n) is 6.99. The summed E-state index contributed by atoms with van der Waals surface area (Å²) in [5, 5.41) is 2.54. The van der Waals surface area contributed by atoms with Crippen LogP contribution in [-0.2, 0) is 22.6 Å². The van der Waals surface area contributed by atoms with Crippen LogP contribution in [0, 0.1) is 0 Å². The number of morpholine rings is 1. The van der Waals surface area contributed by atoms with Crippen molar-refractivity contribution in [2.24, 2.45) is 5.73 Å². The third-order valence-electron chi connectivity index (χ3n) is 4.98. The highest BCUT2D eigenvalue weighted by molar-refractivity contribution is 5.88. The van der Waals surface area contributed by atoms with Gasteiger partial charge in [0, 0.05) is 23.4 Å². The molecule has 0 spiro atoms. The molecule has 2 aliphatic rings. The molecule has 3 amide bonds. The zero-order valence-electron chi connectivity index (χ0n) is 15.6. The first-order valence-corrected chi connectivity index (χ1v) is 9.15. The standard InChI is InChI=1S/C19H22N6O3/c1-12-10-28-7-6-25(12)18-15-8-24(11-26)9-16(15)22-17(23-18)13-2-4-14(5-3-13)21-19(20)27/h2-5,11-12H,6-10H2,1H3,(H3,20,21,27)/t12-/m0/s1. The number of fused-ring (bicyclic) bond motifs is 1. The molecule has 1 saturated heterocycles. The third-order valence-corrected chi connectivity index (χ3v) is 4.98. The molecule has 2 aliphatic heterocycles. The smallest absolute Gasteiger partial charge is 0.316 e. The predicted octanol–water partition coefficient (Wildman–Crippen LogP) is 1.33. The lowest BCUT2D eigenvalue weighted by atomic mass is 10.1. The van der Waals surface area contributed by atoms with Gasteiger partial charge in [0.05, 0.1) is 38.0 Å². The first-order valence-electron chi connectivity index (χ1n) is 9.15.